The molecule has 0 saturated carbocycles. The van der Waals surface area contributed by atoms with Gasteiger partial charge in [0.25, 0.3) is 0 Å². The standard InChI is InChI=1S/C25H28N2O5S2/c1-19(2)14-27(34(29,30)22-8-4-3-5-9-22)17-25(28)26(16-21-7-6-12-33-21)15-20-10-11-23-24(13-20)32-18-31-23/h3-13,19H,14-18H2,1-2H3. The highest BCUT2D eigenvalue weighted by Gasteiger charge is 2.29. The van der Waals surface area contributed by atoms with Gasteiger partial charge >= 0.3 is 0 Å². The van der Waals surface area contributed by atoms with E-state index in [9.17, 15) is 13.2 Å². The maximum absolute atomic E-state index is 13.5. The Hall–Kier alpha value is -2.88. The average molecular weight is 501 g/mol. The molecule has 0 N–H and O–H groups in total. The van der Waals surface area contributed by atoms with Crippen molar-refractivity contribution in [2.45, 2.75) is 31.8 Å². The fourth-order valence-corrected chi connectivity index (χ4v) is 6.02. The number of amides is 1. The minimum atomic E-state index is -3.82. The Bertz CT molecular complexity index is 1210. The molecule has 7 nitrogen and oxygen atoms in total. The number of thiophene rings is 1. The van der Waals surface area contributed by atoms with Gasteiger partial charge in [-0.25, -0.2) is 8.42 Å². The van der Waals surface area contributed by atoms with Gasteiger partial charge in [-0.2, -0.15) is 4.31 Å². The van der Waals surface area contributed by atoms with Gasteiger partial charge in [-0.1, -0.05) is 44.2 Å². The van der Waals surface area contributed by atoms with Gasteiger partial charge in [0, 0.05) is 18.0 Å². The molecule has 0 atom stereocenters. The Balaban J connectivity index is 1.58. The quantitative estimate of drug-likeness (QED) is 0.414. The van der Waals surface area contributed by atoms with Crippen LogP contribution < -0.4 is 9.47 Å². The predicted octanol–water partition coefficient (Wildman–Crippen LogP) is 4.35. The number of hydrogen-bond acceptors (Lipinski definition) is 6. The third-order valence-corrected chi connectivity index (χ3v) is 8.04. The number of ether oxygens (including phenoxy) is 2. The van der Waals surface area contributed by atoms with Crippen LogP contribution in [0.2, 0.25) is 0 Å². The molecule has 0 spiro atoms. The molecule has 34 heavy (non-hydrogen) atoms. The molecule has 0 radical (unpaired) electrons. The Morgan fingerprint density at radius 1 is 1.00 bits per heavy atom. The highest BCUT2D eigenvalue weighted by atomic mass is 32.2. The Labute approximate surface area is 204 Å². The number of carbonyl (C=O) groups excluding carboxylic acids is 1. The second-order valence-electron chi connectivity index (χ2n) is 8.52. The van der Waals surface area contributed by atoms with E-state index in [4.69, 9.17) is 9.47 Å². The zero-order valence-corrected chi connectivity index (χ0v) is 20.8. The van der Waals surface area contributed by atoms with Crippen molar-refractivity contribution in [3.63, 3.8) is 0 Å². The lowest BCUT2D eigenvalue weighted by molar-refractivity contribution is -0.132. The number of carbonyl (C=O) groups is 1. The number of nitrogens with zero attached hydrogens (tertiary/aromatic N) is 2. The summed E-state index contributed by atoms with van der Waals surface area (Å²) < 4.78 is 38.9. The third kappa shape index (κ3) is 5.78. The first kappa shape index (κ1) is 24.3. The molecule has 1 aliphatic rings. The Morgan fingerprint density at radius 2 is 1.76 bits per heavy atom. The van der Waals surface area contributed by atoms with Crippen molar-refractivity contribution in [3.8, 4) is 11.5 Å². The van der Waals surface area contributed by atoms with Crippen LogP contribution in [0.15, 0.2) is 70.9 Å². The number of sulfonamides is 1. The molecule has 0 unspecified atom stereocenters. The first-order valence-corrected chi connectivity index (χ1v) is 13.4. The van der Waals surface area contributed by atoms with Crippen molar-refractivity contribution in [2.24, 2.45) is 5.92 Å². The van der Waals surface area contributed by atoms with Crippen LogP contribution in [0.4, 0.5) is 0 Å². The molecule has 1 aliphatic heterocycles. The van der Waals surface area contributed by atoms with Gasteiger partial charge in [0.15, 0.2) is 11.5 Å². The normalized spacial score (nSPS) is 12.9. The fraction of sp³-hybridized carbons (Fsp3) is 0.320. The molecule has 1 aromatic heterocycles. The van der Waals surface area contributed by atoms with E-state index < -0.39 is 10.0 Å². The number of hydrogen-bond donors (Lipinski definition) is 0. The Morgan fingerprint density at radius 3 is 2.47 bits per heavy atom. The number of rotatable bonds is 10. The van der Waals surface area contributed by atoms with E-state index in [0.717, 1.165) is 10.4 Å². The predicted molar refractivity (Wildman–Crippen MR) is 131 cm³/mol. The second-order valence-corrected chi connectivity index (χ2v) is 11.5. The molecule has 0 saturated heterocycles. The number of benzene rings is 2. The lowest BCUT2D eigenvalue weighted by atomic mass is 10.2. The van der Waals surface area contributed by atoms with E-state index in [2.05, 4.69) is 0 Å². The smallest absolute Gasteiger partial charge is 0.243 e. The second kappa shape index (κ2) is 10.6. The van der Waals surface area contributed by atoms with Gasteiger partial charge in [-0.3, -0.25) is 4.79 Å². The van der Waals surface area contributed by atoms with E-state index in [1.165, 1.54) is 4.31 Å². The van der Waals surface area contributed by atoms with Crippen LogP contribution in [0.3, 0.4) is 0 Å². The van der Waals surface area contributed by atoms with Crippen molar-refractivity contribution in [3.05, 3.63) is 76.5 Å². The zero-order chi connectivity index (χ0) is 24.1. The monoisotopic (exact) mass is 500 g/mol. The van der Waals surface area contributed by atoms with E-state index in [1.54, 1.807) is 46.6 Å². The van der Waals surface area contributed by atoms with Crippen LogP contribution in [0, 0.1) is 5.92 Å². The van der Waals surface area contributed by atoms with Gasteiger partial charge < -0.3 is 14.4 Å². The molecule has 0 bridgehead atoms. The first-order valence-electron chi connectivity index (χ1n) is 11.1. The van der Waals surface area contributed by atoms with E-state index in [1.807, 2.05) is 49.6 Å². The van der Waals surface area contributed by atoms with E-state index in [-0.39, 0.29) is 36.6 Å². The van der Waals surface area contributed by atoms with Crippen LogP contribution >= 0.6 is 11.3 Å². The minimum absolute atomic E-state index is 0.0610. The van der Waals surface area contributed by atoms with Gasteiger partial charge in [-0.15, -0.1) is 11.3 Å². The average Bonchev–Trinajstić information content (AvgIpc) is 3.50. The van der Waals surface area contributed by atoms with Crippen molar-refractivity contribution in [2.75, 3.05) is 19.9 Å². The molecular formula is C25H28N2O5S2. The Kier molecular flexibility index (Phi) is 7.55. The third-order valence-electron chi connectivity index (χ3n) is 5.35. The van der Waals surface area contributed by atoms with Crippen LogP contribution in [0.1, 0.15) is 24.3 Å². The zero-order valence-electron chi connectivity index (χ0n) is 19.2. The molecule has 0 aliphatic carbocycles. The fourth-order valence-electron chi connectivity index (χ4n) is 3.73. The van der Waals surface area contributed by atoms with Crippen LogP contribution in [0.25, 0.3) is 0 Å². The molecule has 3 aromatic rings. The van der Waals surface area contributed by atoms with Crippen LogP contribution in [-0.2, 0) is 27.9 Å². The maximum Gasteiger partial charge on any atom is 0.243 e. The van der Waals surface area contributed by atoms with Gasteiger partial charge in [-0.05, 0) is 47.2 Å². The minimum Gasteiger partial charge on any atom is -0.454 e. The summed E-state index contributed by atoms with van der Waals surface area (Å²) in [5, 5.41) is 1.96. The van der Waals surface area contributed by atoms with Crippen LogP contribution in [0.5, 0.6) is 11.5 Å². The van der Waals surface area contributed by atoms with Gasteiger partial charge in [0.1, 0.15) is 0 Å². The summed E-state index contributed by atoms with van der Waals surface area (Å²) in [5.74, 6) is 1.13. The van der Waals surface area contributed by atoms with Crippen molar-refractivity contribution in [1.82, 2.24) is 9.21 Å². The van der Waals surface area contributed by atoms with Gasteiger partial charge in [0.2, 0.25) is 22.7 Å². The molecule has 9 heteroatoms. The molecule has 1 amide bonds. The largest absolute Gasteiger partial charge is 0.454 e. The van der Waals surface area contributed by atoms with Gasteiger partial charge in [0.05, 0.1) is 18.0 Å². The first-order chi connectivity index (χ1) is 16.3. The lowest BCUT2D eigenvalue weighted by Crippen LogP contribution is -2.43. The van der Waals surface area contributed by atoms with E-state index >= 15 is 0 Å². The maximum atomic E-state index is 13.5. The highest BCUT2D eigenvalue weighted by molar-refractivity contribution is 7.89. The summed E-state index contributed by atoms with van der Waals surface area (Å²) in [6.07, 6.45) is 0. The molecule has 2 aromatic carbocycles. The SMILES string of the molecule is CC(C)CN(CC(=O)N(Cc1ccc2c(c1)OCO2)Cc1cccs1)S(=O)(=O)c1ccccc1. The topological polar surface area (TPSA) is 76.2 Å². The molecule has 180 valence electrons. The lowest BCUT2D eigenvalue weighted by Gasteiger charge is -2.28. The molecule has 2 heterocycles. The summed E-state index contributed by atoms with van der Waals surface area (Å²) in [6, 6.07) is 17.8. The van der Waals surface area contributed by atoms with Crippen molar-refractivity contribution < 1.29 is 22.7 Å². The van der Waals surface area contributed by atoms with Crippen LogP contribution in [-0.4, -0.2) is 43.4 Å². The van der Waals surface area contributed by atoms with Crippen molar-refractivity contribution in [1.29, 1.82) is 0 Å². The highest BCUT2D eigenvalue weighted by Crippen LogP contribution is 2.33. The summed E-state index contributed by atoms with van der Waals surface area (Å²) in [6.45, 7) is 4.80. The summed E-state index contributed by atoms with van der Waals surface area (Å²) in [5.41, 5.74) is 0.885. The molecule has 0 fully saturated rings. The summed E-state index contributed by atoms with van der Waals surface area (Å²) in [7, 11) is -3.82. The van der Waals surface area contributed by atoms with Crippen molar-refractivity contribution >= 4 is 27.3 Å². The molecule has 4 rings (SSSR count). The number of fused-ring (bicyclic) bond motifs is 1. The summed E-state index contributed by atoms with van der Waals surface area (Å²) in [4.78, 5) is 16.4. The van der Waals surface area contributed by atoms with E-state index in [0.29, 0.717) is 24.6 Å². The summed E-state index contributed by atoms with van der Waals surface area (Å²) >= 11 is 1.56. The molecular weight excluding hydrogens is 472 g/mol.